The van der Waals surface area contributed by atoms with Crippen molar-refractivity contribution < 1.29 is 9.84 Å². The summed E-state index contributed by atoms with van der Waals surface area (Å²) in [5.41, 5.74) is 5.15. The number of ether oxygens (including phenoxy) is 1. The van der Waals surface area contributed by atoms with Gasteiger partial charge in [0.1, 0.15) is 0 Å². The minimum Gasteiger partial charge on any atom is -0.389 e. The number of nitrogens with zero attached hydrogens (tertiary/aromatic N) is 1. The van der Waals surface area contributed by atoms with Gasteiger partial charge in [-0.05, 0) is 25.5 Å². The van der Waals surface area contributed by atoms with Crippen molar-refractivity contribution in [2.24, 2.45) is 0 Å². The van der Waals surface area contributed by atoms with Crippen LogP contribution in [0.4, 0.5) is 5.69 Å². The van der Waals surface area contributed by atoms with Gasteiger partial charge in [-0.2, -0.15) is 0 Å². The van der Waals surface area contributed by atoms with Crippen LogP contribution in [0.15, 0.2) is 29.8 Å². The molecule has 0 saturated heterocycles. The molecule has 0 aliphatic carbocycles. The van der Waals surface area contributed by atoms with E-state index in [1.165, 1.54) is 10.4 Å². The van der Waals surface area contributed by atoms with Gasteiger partial charge in [0.2, 0.25) is 0 Å². The van der Waals surface area contributed by atoms with Crippen LogP contribution in [0.2, 0.25) is 0 Å². The summed E-state index contributed by atoms with van der Waals surface area (Å²) in [6.07, 6.45) is 0.348. The summed E-state index contributed by atoms with van der Waals surface area (Å²) in [6.45, 7) is 5.50. The molecule has 0 bridgehead atoms. The van der Waals surface area contributed by atoms with E-state index in [4.69, 9.17) is 4.74 Å². The second kappa shape index (κ2) is 8.12. The second-order valence-electron chi connectivity index (χ2n) is 5.04. The normalized spacial score (nSPS) is 12.3. The van der Waals surface area contributed by atoms with E-state index in [1.807, 2.05) is 43.6 Å². The fraction of sp³-hybridized carbons (Fsp3) is 0.438. The van der Waals surface area contributed by atoms with Crippen LogP contribution in [-0.4, -0.2) is 36.0 Å². The number of para-hydroxylation sites is 1. The van der Waals surface area contributed by atoms with Crippen LogP contribution in [0.25, 0.3) is 0 Å². The van der Waals surface area contributed by atoms with Crippen molar-refractivity contribution in [3.63, 3.8) is 0 Å². The Morgan fingerprint density at radius 1 is 1.33 bits per heavy atom. The summed E-state index contributed by atoms with van der Waals surface area (Å²) in [7, 11) is 0. The van der Waals surface area contributed by atoms with E-state index in [2.05, 4.69) is 10.3 Å². The van der Waals surface area contributed by atoms with Crippen molar-refractivity contribution in [1.82, 2.24) is 4.98 Å². The van der Waals surface area contributed by atoms with Gasteiger partial charge in [0, 0.05) is 23.5 Å². The highest BCUT2D eigenvalue weighted by Crippen LogP contribution is 2.13. The van der Waals surface area contributed by atoms with E-state index in [0.29, 0.717) is 19.8 Å². The molecular weight excluding hydrogens is 284 g/mol. The van der Waals surface area contributed by atoms with Gasteiger partial charge in [0.25, 0.3) is 0 Å². The van der Waals surface area contributed by atoms with Crippen molar-refractivity contribution in [3.05, 3.63) is 45.9 Å². The molecular formula is C16H22N2O2S. The van der Waals surface area contributed by atoms with Gasteiger partial charge in [-0.25, -0.2) is 4.98 Å². The third kappa shape index (κ3) is 5.12. The molecule has 1 heterocycles. The number of aliphatic hydroxyl groups excluding tert-OH is 1. The number of benzene rings is 1. The number of thiazole rings is 1. The summed E-state index contributed by atoms with van der Waals surface area (Å²) >= 11 is 1.65. The lowest BCUT2D eigenvalue weighted by molar-refractivity contribution is 0.0449. The molecule has 0 spiro atoms. The van der Waals surface area contributed by atoms with Crippen LogP contribution in [0.5, 0.6) is 0 Å². The monoisotopic (exact) mass is 306 g/mol. The molecule has 2 N–H and O–H groups in total. The Morgan fingerprint density at radius 3 is 2.86 bits per heavy atom. The Morgan fingerprint density at radius 2 is 2.14 bits per heavy atom. The lowest BCUT2D eigenvalue weighted by Gasteiger charge is -2.14. The number of rotatable bonds is 8. The zero-order valence-electron chi connectivity index (χ0n) is 12.5. The standard InChI is InChI=1S/C16H22N2O2S/c1-12-5-3-4-6-15(12)17-9-14(19)10-20-8-7-16-13(2)18-11-21-16/h3-6,11,14,17,19H,7-10H2,1-2H3. The van der Waals surface area contributed by atoms with Crippen LogP contribution >= 0.6 is 11.3 Å². The molecule has 0 saturated carbocycles. The van der Waals surface area contributed by atoms with Crippen LogP contribution in [0.3, 0.4) is 0 Å². The minimum atomic E-state index is -0.507. The third-order valence-electron chi connectivity index (χ3n) is 3.30. The van der Waals surface area contributed by atoms with E-state index in [0.717, 1.165) is 17.8 Å². The molecule has 0 aliphatic rings. The van der Waals surface area contributed by atoms with Crippen LogP contribution in [-0.2, 0) is 11.2 Å². The zero-order chi connectivity index (χ0) is 15.1. The smallest absolute Gasteiger partial charge is 0.0945 e. The Bertz CT molecular complexity index is 557. The van der Waals surface area contributed by atoms with Gasteiger partial charge < -0.3 is 15.2 Å². The fourth-order valence-electron chi connectivity index (χ4n) is 2.01. The molecule has 1 atom stereocenters. The number of nitrogens with one attached hydrogen (secondary N) is 1. The maximum atomic E-state index is 9.92. The molecule has 5 heteroatoms. The molecule has 1 aromatic carbocycles. The zero-order valence-corrected chi connectivity index (χ0v) is 13.3. The van der Waals surface area contributed by atoms with Gasteiger partial charge in [-0.15, -0.1) is 11.3 Å². The van der Waals surface area contributed by atoms with Crippen molar-refractivity contribution in [1.29, 1.82) is 0 Å². The number of anilines is 1. The predicted octanol–water partition coefficient (Wildman–Crippen LogP) is 2.79. The number of hydrogen-bond donors (Lipinski definition) is 2. The average Bonchev–Trinajstić information content (AvgIpc) is 2.88. The quantitative estimate of drug-likeness (QED) is 0.736. The number of aromatic nitrogens is 1. The lowest BCUT2D eigenvalue weighted by Crippen LogP contribution is -2.25. The Hall–Kier alpha value is -1.43. The van der Waals surface area contributed by atoms with Crippen LogP contribution in [0, 0.1) is 13.8 Å². The molecule has 114 valence electrons. The highest BCUT2D eigenvalue weighted by Gasteiger charge is 2.06. The van der Waals surface area contributed by atoms with Gasteiger partial charge in [-0.1, -0.05) is 18.2 Å². The molecule has 0 aliphatic heterocycles. The molecule has 21 heavy (non-hydrogen) atoms. The van der Waals surface area contributed by atoms with Crippen molar-refractivity contribution in [2.75, 3.05) is 25.1 Å². The summed E-state index contributed by atoms with van der Waals surface area (Å²) in [4.78, 5) is 5.46. The Labute approximate surface area is 129 Å². The second-order valence-corrected chi connectivity index (χ2v) is 5.97. The van der Waals surface area contributed by atoms with E-state index in [9.17, 15) is 5.11 Å². The van der Waals surface area contributed by atoms with Gasteiger partial charge in [0.05, 0.1) is 30.5 Å². The molecule has 0 fully saturated rings. The van der Waals surface area contributed by atoms with Gasteiger partial charge in [-0.3, -0.25) is 0 Å². The summed E-state index contributed by atoms with van der Waals surface area (Å²) < 4.78 is 5.53. The first kappa shape index (κ1) is 15.9. The highest BCUT2D eigenvalue weighted by atomic mass is 32.1. The first-order chi connectivity index (χ1) is 10.2. The number of aryl methyl sites for hydroxylation is 2. The van der Waals surface area contributed by atoms with E-state index >= 15 is 0 Å². The maximum Gasteiger partial charge on any atom is 0.0945 e. The molecule has 2 aromatic rings. The number of aliphatic hydroxyl groups is 1. The SMILES string of the molecule is Cc1ccccc1NCC(O)COCCc1scnc1C. The lowest BCUT2D eigenvalue weighted by atomic mass is 10.2. The van der Waals surface area contributed by atoms with E-state index < -0.39 is 6.10 Å². The first-order valence-corrected chi connectivity index (χ1v) is 7.99. The topological polar surface area (TPSA) is 54.4 Å². The van der Waals surface area contributed by atoms with E-state index in [1.54, 1.807) is 11.3 Å². The average molecular weight is 306 g/mol. The summed E-state index contributed by atoms with van der Waals surface area (Å²) in [5, 5.41) is 13.2. The molecule has 1 unspecified atom stereocenters. The minimum absolute atomic E-state index is 0.344. The predicted molar refractivity (Wildman–Crippen MR) is 87.0 cm³/mol. The Kier molecular flexibility index (Phi) is 6.17. The third-order valence-corrected chi connectivity index (χ3v) is 4.30. The van der Waals surface area contributed by atoms with Crippen molar-refractivity contribution in [3.8, 4) is 0 Å². The molecule has 4 nitrogen and oxygen atoms in total. The largest absolute Gasteiger partial charge is 0.389 e. The van der Waals surface area contributed by atoms with E-state index in [-0.39, 0.29) is 0 Å². The molecule has 0 radical (unpaired) electrons. The highest BCUT2D eigenvalue weighted by molar-refractivity contribution is 7.09. The van der Waals surface area contributed by atoms with Gasteiger partial charge in [0.15, 0.2) is 0 Å². The van der Waals surface area contributed by atoms with Crippen LogP contribution < -0.4 is 5.32 Å². The molecule has 2 rings (SSSR count). The number of hydrogen-bond acceptors (Lipinski definition) is 5. The summed E-state index contributed by atoms with van der Waals surface area (Å²) in [5.74, 6) is 0. The fourth-order valence-corrected chi connectivity index (χ4v) is 2.77. The molecule has 1 aromatic heterocycles. The van der Waals surface area contributed by atoms with Gasteiger partial charge >= 0.3 is 0 Å². The van der Waals surface area contributed by atoms with Crippen LogP contribution in [0.1, 0.15) is 16.1 Å². The summed E-state index contributed by atoms with van der Waals surface area (Å²) in [6, 6.07) is 8.04. The first-order valence-electron chi connectivity index (χ1n) is 7.11. The van der Waals surface area contributed by atoms with Crippen molar-refractivity contribution >= 4 is 17.0 Å². The Balaban J connectivity index is 1.63. The molecule has 0 amide bonds. The van der Waals surface area contributed by atoms with Crippen molar-refractivity contribution in [2.45, 2.75) is 26.4 Å². The maximum absolute atomic E-state index is 9.92.